The third-order valence-electron chi connectivity index (χ3n) is 3.89. The Bertz CT molecular complexity index is 341. The van der Waals surface area contributed by atoms with Crippen molar-refractivity contribution in [1.82, 2.24) is 0 Å². The van der Waals surface area contributed by atoms with Gasteiger partial charge in [-0.25, -0.2) is 0 Å². The zero-order valence-corrected chi connectivity index (χ0v) is 10.7. The van der Waals surface area contributed by atoms with Crippen molar-refractivity contribution in [3.05, 3.63) is 21.9 Å². The molecule has 0 aromatic carbocycles. The number of aliphatic hydroxyl groups excluding tert-OH is 1. The summed E-state index contributed by atoms with van der Waals surface area (Å²) in [6, 6.07) is 4.20. The van der Waals surface area contributed by atoms with Gasteiger partial charge < -0.3 is 10.8 Å². The van der Waals surface area contributed by atoms with Crippen LogP contribution in [-0.2, 0) is 6.42 Å². The van der Waals surface area contributed by atoms with Crippen molar-refractivity contribution in [2.45, 2.75) is 45.1 Å². The van der Waals surface area contributed by atoms with Gasteiger partial charge in [0.15, 0.2) is 0 Å². The second-order valence-electron chi connectivity index (χ2n) is 4.83. The SMILES string of the molecule is CCc1ccc(C(O)C2(CN)CCCC2)s1. The predicted molar refractivity (Wildman–Crippen MR) is 68.6 cm³/mol. The lowest BCUT2D eigenvalue weighted by Crippen LogP contribution is -2.33. The summed E-state index contributed by atoms with van der Waals surface area (Å²) in [7, 11) is 0. The highest BCUT2D eigenvalue weighted by molar-refractivity contribution is 7.12. The number of aliphatic hydroxyl groups is 1. The molecule has 0 bridgehead atoms. The zero-order chi connectivity index (χ0) is 11.6. The van der Waals surface area contributed by atoms with Crippen LogP contribution in [0.1, 0.15) is 48.5 Å². The molecule has 3 heteroatoms. The lowest BCUT2D eigenvalue weighted by molar-refractivity contribution is 0.0362. The normalized spacial score (nSPS) is 21.2. The standard InChI is InChI=1S/C13H21NOS/c1-2-10-5-6-11(16-10)12(15)13(9-14)7-3-4-8-13/h5-6,12,15H,2-4,7-9,14H2,1H3. The second-order valence-corrected chi connectivity index (χ2v) is 6.03. The number of thiophene rings is 1. The van der Waals surface area contributed by atoms with E-state index in [0.717, 1.165) is 24.1 Å². The maximum Gasteiger partial charge on any atom is 0.0950 e. The van der Waals surface area contributed by atoms with Crippen molar-refractivity contribution < 1.29 is 5.11 Å². The minimum Gasteiger partial charge on any atom is -0.387 e. The van der Waals surface area contributed by atoms with Gasteiger partial charge in [0, 0.05) is 21.7 Å². The van der Waals surface area contributed by atoms with Crippen LogP contribution in [0.2, 0.25) is 0 Å². The van der Waals surface area contributed by atoms with Crippen molar-refractivity contribution in [3.8, 4) is 0 Å². The van der Waals surface area contributed by atoms with Crippen LogP contribution >= 0.6 is 11.3 Å². The smallest absolute Gasteiger partial charge is 0.0950 e. The van der Waals surface area contributed by atoms with Gasteiger partial charge in [-0.15, -0.1) is 11.3 Å². The molecule has 90 valence electrons. The average Bonchev–Trinajstić information content (AvgIpc) is 2.98. The summed E-state index contributed by atoms with van der Waals surface area (Å²) in [5.74, 6) is 0. The van der Waals surface area contributed by atoms with E-state index < -0.39 is 0 Å². The van der Waals surface area contributed by atoms with Gasteiger partial charge in [-0.05, 0) is 31.4 Å². The molecule has 2 rings (SSSR count). The van der Waals surface area contributed by atoms with Crippen LogP contribution in [-0.4, -0.2) is 11.7 Å². The molecular formula is C13H21NOS. The highest BCUT2D eigenvalue weighted by Gasteiger charge is 2.40. The van der Waals surface area contributed by atoms with E-state index in [1.54, 1.807) is 11.3 Å². The molecule has 0 spiro atoms. The van der Waals surface area contributed by atoms with E-state index in [-0.39, 0.29) is 11.5 Å². The summed E-state index contributed by atoms with van der Waals surface area (Å²) >= 11 is 1.74. The molecule has 1 heterocycles. The fourth-order valence-electron chi connectivity index (χ4n) is 2.70. The van der Waals surface area contributed by atoms with Gasteiger partial charge in [-0.3, -0.25) is 0 Å². The van der Waals surface area contributed by atoms with Gasteiger partial charge in [0.2, 0.25) is 0 Å². The summed E-state index contributed by atoms with van der Waals surface area (Å²) in [5.41, 5.74) is 5.85. The summed E-state index contributed by atoms with van der Waals surface area (Å²) < 4.78 is 0. The van der Waals surface area contributed by atoms with Gasteiger partial charge in [-0.2, -0.15) is 0 Å². The third kappa shape index (κ3) is 2.04. The fraction of sp³-hybridized carbons (Fsp3) is 0.692. The lowest BCUT2D eigenvalue weighted by Gasteiger charge is -2.32. The van der Waals surface area contributed by atoms with Gasteiger partial charge >= 0.3 is 0 Å². The predicted octanol–water partition coefficient (Wildman–Crippen LogP) is 2.86. The molecule has 1 aromatic rings. The zero-order valence-electron chi connectivity index (χ0n) is 9.91. The van der Waals surface area contributed by atoms with Crippen molar-refractivity contribution >= 4 is 11.3 Å². The summed E-state index contributed by atoms with van der Waals surface area (Å²) in [5, 5.41) is 10.5. The van der Waals surface area contributed by atoms with E-state index in [4.69, 9.17) is 5.73 Å². The quantitative estimate of drug-likeness (QED) is 0.848. The fourth-order valence-corrected chi connectivity index (χ4v) is 3.78. The monoisotopic (exact) mass is 239 g/mol. The van der Waals surface area contributed by atoms with Crippen molar-refractivity contribution in [1.29, 1.82) is 0 Å². The van der Waals surface area contributed by atoms with Crippen LogP contribution in [0.15, 0.2) is 12.1 Å². The van der Waals surface area contributed by atoms with Crippen molar-refractivity contribution in [2.75, 3.05) is 6.54 Å². The van der Waals surface area contributed by atoms with Gasteiger partial charge in [0.25, 0.3) is 0 Å². The molecule has 1 fully saturated rings. The van der Waals surface area contributed by atoms with Crippen LogP contribution in [0.4, 0.5) is 0 Å². The molecule has 0 aliphatic heterocycles. The first-order chi connectivity index (χ1) is 7.72. The Morgan fingerprint density at radius 2 is 2.12 bits per heavy atom. The summed E-state index contributed by atoms with van der Waals surface area (Å²) in [6.45, 7) is 2.75. The largest absolute Gasteiger partial charge is 0.387 e. The van der Waals surface area contributed by atoms with E-state index in [2.05, 4.69) is 19.1 Å². The van der Waals surface area contributed by atoms with Crippen molar-refractivity contribution in [3.63, 3.8) is 0 Å². The molecular weight excluding hydrogens is 218 g/mol. The summed E-state index contributed by atoms with van der Waals surface area (Å²) in [4.78, 5) is 2.45. The van der Waals surface area contributed by atoms with Gasteiger partial charge in [0.05, 0.1) is 6.10 Å². The average molecular weight is 239 g/mol. The Hall–Kier alpha value is -0.380. The second kappa shape index (κ2) is 4.86. The van der Waals surface area contributed by atoms with Gasteiger partial charge in [0.1, 0.15) is 0 Å². The molecule has 0 radical (unpaired) electrons. The lowest BCUT2D eigenvalue weighted by atomic mass is 9.80. The number of rotatable bonds is 4. The highest BCUT2D eigenvalue weighted by Crippen LogP contribution is 2.48. The van der Waals surface area contributed by atoms with E-state index in [0.29, 0.717) is 6.54 Å². The molecule has 3 N–H and O–H groups in total. The first kappa shape index (κ1) is 12.1. The molecule has 16 heavy (non-hydrogen) atoms. The molecule has 2 nitrogen and oxygen atoms in total. The molecule has 1 atom stereocenters. The number of hydrogen-bond donors (Lipinski definition) is 2. The first-order valence-electron chi connectivity index (χ1n) is 6.18. The molecule has 1 aliphatic rings. The molecule has 0 amide bonds. The number of hydrogen-bond acceptors (Lipinski definition) is 3. The Labute approximate surface area is 101 Å². The Balaban J connectivity index is 2.19. The number of nitrogens with two attached hydrogens (primary N) is 1. The minimum absolute atomic E-state index is 0.0458. The van der Waals surface area contributed by atoms with E-state index in [9.17, 15) is 5.11 Å². The van der Waals surface area contributed by atoms with E-state index in [1.165, 1.54) is 17.7 Å². The maximum atomic E-state index is 10.5. The van der Waals surface area contributed by atoms with Crippen LogP contribution in [0, 0.1) is 5.41 Å². The summed E-state index contributed by atoms with van der Waals surface area (Å²) in [6.07, 6.45) is 5.26. The topological polar surface area (TPSA) is 46.2 Å². The first-order valence-corrected chi connectivity index (χ1v) is 7.00. The Morgan fingerprint density at radius 3 is 2.62 bits per heavy atom. The maximum absolute atomic E-state index is 10.5. The van der Waals surface area contributed by atoms with E-state index in [1.807, 2.05) is 0 Å². The van der Waals surface area contributed by atoms with Crippen LogP contribution in [0.3, 0.4) is 0 Å². The van der Waals surface area contributed by atoms with Crippen molar-refractivity contribution in [2.24, 2.45) is 11.1 Å². The van der Waals surface area contributed by atoms with Crippen LogP contribution in [0.5, 0.6) is 0 Å². The molecule has 1 saturated carbocycles. The number of aryl methyl sites for hydroxylation is 1. The van der Waals surface area contributed by atoms with Crippen LogP contribution in [0.25, 0.3) is 0 Å². The molecule has 1 aliphatic carbocycles. The van der Waals surface area contributed by atoms with Crippen LogP contribution < -0.4 is 5.73 Å². The molecule has 1 aromatic heterocycles. The molecule has 0 saturated heterocycles. The molecule has 1 unspecified atom stereocenters. The minimum atomic E-state index is -0.356. The Kier molecular flexibility index (Phi) is 3.67. The Morgan fingerprint density at radius 1 is 1.44 bits per heavy atom. The van der Waals surface area contributed by atoms with E-state index >= 15 is 0 Å². The highest BCUT2D eigenvalue weighted by atomic mass is 32.1. The van der Waals surface area contributed by atoms with Gasteiger partial charge in [-0.1, -0.05) is 19.8 Å². The third-order valence-corrected chi connectivity index (χ3v) is 5.17.